The van der Waals surface area contributed by atoms with Gasteiger partial charge >= 0.3 is 0 Å². The molecule has 4 rings (SSSR count). The van der Waals surface area contributed by atoms with Crippen molar-refractivity contribution in [3.8, 4) is 0 Å². The molecule has 8 nitrogen and oxygen atoms in total. The third kappa shape index (κ3) is 5.94. The van der Waals surface area contributed by atoms with Gasteiger partial charge in [-0.1, -0.05) is 12.1 Å². The van der Waals surface area contributed by atoms with Gasteiger partial charge in [-0.3, -0.25) is 9.48 Å². The zero-order valence-electron chi connectivity index (χ0n) is 17.1. The SMILES string of the molecule is CCNC(=NCc1cccc(NC(=O)Cn2cccn2)c1)NC1CC2CCC1O2.I. The summed E-state index contributed by atoms with van der Waals surface area (Å²) in [6, 6.07) is 9.90. The van der Waals surface area contributed by atoms with Crippen LogP contribution in [0.2, 0.25) is 0 Å². The van der Waals surface area contributed by atoms with Crippen molar-refractivity contribution in [2.24, 2.45) is 4.99 Å². The lowest BCUT2D eigenvalue weighted by Gasteiger charge is -2.22. The van der Waals surface area contributed by atoms with E-state index in [2.05, 4.69) is 28.0 Å². The number of nitrogens with zero attached hydrogens (tertiary/aromatic N) is 3. The number of guanidine groups is 1. The third-order valence-electron chi connectivity index (χ3n) is 5.27. The lowest BCUT2D eigenvalue weighted by atomic mass is 9.96. The van der Waals surface area contributed by atoms with Gasteiger partial charge in [-0.05, 0) is 49.9 Å². The van der Waals surface area contributed by atoms with Crippen molar-refractivity contribution in [1.29, 1.82) is 0 Å². The van der Waals surface area contributed by atoms with Crippen molar-refractivity contribution in [2.45, 2.75) is 57.5 Å². The summed E-state index contributed by atoms with van der Waals surface area (Å²) in [7, 11) is 0. The number of amides is 1. The van der Waals surface area contributed by atoms with Crippen molar-refractivity contribution in [2.75, 3.05) is 11.9 Å². The molecular weight excluding hydrogens is 495 g/mol. The fraction of sp³-hybridized carbons (Fsp3) is 0.476. The highest BCUT2D eigenvalue weighted by atomic mass is 127. The minimum atomic E-state index is -0.111. The zero-order chi connectivity index (χ0) is 20.1. The third-order valence-corrected chi connectivity index (χ3v) is 5.27. The van der Waals surface area contributed by atoms with Crippen molar-refractivity contribution < 1.29 is 9.53 Å². The van der Waals surface area contributed by atoms with Gasteiger partial charge < -0.3 is 20.7 Å². The fourth-order valence-electron chi connectivity index (χ4n) is 3.94. The number of fused-ring (bicyclic) bond motifs is 2. The maximum atomic E-state index is 12.2. The molecule has 0 aliphatic carbocycles. The van der Waals surface area contributed by atoms with Gasteiger partial charge in [0.15, 0.2) is 5.96 Å². The molecular formula is C21H29IN6O2. The summed E-state index contributed by atoms with van der Waals surface area (Å²) >= 11 is 0. The monoisotopic (exact) mass is 524 g/mol. The average molecular weight is 524 g/mol. The van der Waals surface area contributed by atoms with Crippen molar-refractivity contribution in [1.82, 2.24) is 20.4 Å². The van der Waals surface area contributed by atoms with Crippen LogP contribution in [0, 0.1) is 0 Å². The van der Waals surface area contributed by atoms with E-state index in [0.29, 0.717) is 24.8 Å². The van der Waals surface area contributed by atoms with Crippen molar-refractivity contribution >= 4 is 41.5 Å². The number of nitrogens with one attached hydrogen (secondary N) is 3. The van der Waals surface area contributed by atoms with Gasteiger partial charge in [-0.25, -0.2) is 4.99 Å². The molecule has 1 amide bonds. The highest BCUT2D eigenvalue weighted by Gasteiger charge is 2.41. The standard InChI is InChI=1S/C21H28N6O2.HI/c1-2-22-21(26-18-12-17-7-8-19(18)29-17)23-13-15-5-3-6-16(11-15)25-20(28)14-27-10-4-9-24-27;/h3-6,9-11,17-19H,2,7-8,12-14H2,1H3,(H,25,28)(H2,22,23,26);1H. The van der Waals surface area contributed by atoms with E-state index in [1.54, 1.807) is 23.1 Å². The zero-order valence-corrected chi connectivity index (χ0v) is 19.4. The van der Waals surface area contributed by atoms with Crippen molar-refractivity contribution in [3.63, 3.8) is 0 Å². The molecule has 0 saturated carbocycles. The molecule has 3 N–H and O–H groups in total. The Balaban J connectivity index is 0.00000256. The van der Waals surface area contributed by atoms with Gasteiger partial charge in [0.25, 0.3) is 0 Å². The van der Waals surface area contributed by atoms with Gasteiger partial charge in [0.1, 0.15) is 6.54 Å². The van der Waals surface area contributed by atoms with Crippen LogP contribution in [-0.2, 0) is 22.6 Å². The number of hydrogen-bond acceptors (Lipinski definition) is 4. The molecule has 3 heterocycles. The summed E-state index contributed by atoms with van der Waals surface area (Å²) in [4.78, 5) is 16.9. The molecule has 162 valence electrons. The Kier molecular flexibility index (Phi) is 8.08. The molecule has 9 heteroatoms. The summed E-state index contributed by atoms with van der Waals surface area (Å²) in [5, 5.41) is 13.8. The van der Waals surface area contributed by atoms with Crippen molar-refractivity contribution in [3.05, 3.63) is 48.3 Å². The summed E-state index contributed by atoms with van der Waals surface area (Å²) in [5.41, 5.74) is 1.79. The molecule has 2 saturated heterocycles. The van der Waals surface area contributed by atoms with E-state index in [1.165, 1.54) is 6.42 Å². The van der Waals surface area contributed by atoms with Crippen LogP contribution in [-0.4, -0.2) is 46.4 Å². The highest BCUT2D eigenvalue weighted by Crippen LogP contribution is 2.34. The summed E-state index contributed by atoms with van der Waals surface area (Å²) in [6.45, 7) is 3.58. The van der Waals surface area contributed by atoms with E-state index < -0.39 is 0 Å². The summed E-state index contributed by atoms with van der Waals surface area (Å²) < 4.78 is 7.52. The topological polar surface area (TPSA) is 92.6 Å². The Morgan fingerprint density at radius 3 is 2.93 bits per heavy atom. The van der Waals surface area contributed by atoms with E-state index >= 15 is 0 Å². The highest BCUT2D eigenvalue weighted by molar-refractivity contribution is 14.0. The predicted octanol–water partition coefficient (Wildman–Crippen LogP) is 2.51. The molecule has 1 aromatic heterocycles. The number of rotatable bonds is 7. The van der Waals surface area contributed by atoms with E-state index in [9.17, 15) is 4.79 Å². The molecule has 3 atom stereocenters. The molecule has 0 radical (unpaired) electrons. The van der Waals surface area contributed by atoms with Crippen LogP contribution in [0.5, 0.6) is 0 Å². The van der Waals surface area contributed by atoms with Crippen LogP contribution in [0.15, 0.2) is 47.7 Å². The fourth-order valence-corrected chi connectivity index (χ4v) is 3.94. The number of aromatic nitrogens is 2. The second kappa shape index (κ2) is 10.8. The lowest BCUT2D eigenvalue weighted by Crippen LogP contribution is -2.47. The number of hydrogen-bond donors (Lipinski definition) is 3. The molecule has 3 unspecified atom stereocenters. The first-order chi connectivity index (χ1) is 14.2. The Morgan fingerprint density at radius 1 is 1.33 bits per heavy atom. The van der Waals surface area contributed by atoms with Gasteiger partial charge in [0, 0.05) is 24.6 Å². The lowest BCUT2D eigenvalue weighted by molar-refractivity contribution is -0.116. The quantitative estimate of drug-likeness (QED) is 0.294. The smallest absolute Gasteiger partial charge is 0.246 e. The minimum absolute atomic E-state index is 0. The Hall–Kier alpha value is -2.14. The van der Waals surface area contributed by atoms with Crippen LogP contribution in [0.4, 0.5) is 5.69 Å². The van der Waals surface area contributed by atoms with Crippen LogP contribution in [0.1, 0.15) is 31.7 Å². The normalized spacial score (nSPS) is 22.4. The first-order valence-corrected chi connectivity index (χ1v) is 10.3. The number of aliphatic imine (C=N–C) groups is 1. The van der Waals surface area contributed by atoms with Gasteiger partial charge in [0.2, 0.25) is 5.91 Å². The maximum Gasteiger partial charge on any atom is 0.246 e. The Bertz CT molecular complexity index is 857. The van der Waals surface area contributed by atoms with E-state index in [-0.39, 0.29) is 36.4 Å². The number of benzene rings is 1. The Labute approximate surface area is 193 Å². The van der Waals surface area contributed by atoms with Gasteiger partial charge in [-0.15, -0.1) is 24.0 Å². The summed E-state index contributed by atoms with van der Waals surface area (Å²) in [6.07, 6.45) is 7.48. The van der Waals surface area contributed by atoms with Crippen LogP contribution >= 0.6 is 24.0 Å². The molecule has 2 bridgehead atoms. The van der Waals surface area contributed by atoms with Crippen LogP contribution in [0.3, 0.4) is 0 Å². The van der Waals surface area contributed by atoms with Crippen LogP contribution < -0.4 is 16.0 Å². The number of carbonyl (C=O) groups excluding carboxylic acids is 1. The van der Waals surface area contributed by atoms with Crippen LogP contribution in [0.25, 0.3) is 0 Å². The number of carbonyl (C=O) groups is 1. The molecule has 30 heavy (non-hydrogen) atoms. The average Bonchev–Trinajstić information content (AvgIpc) is 3.45. The van der Waals surface area contributed by atoms with E-state index in [4.69, 9.17) is 9.73 Å². The first-order valence-electron chi connectivity index (χ1n) is 10.3. The number of anilines is 1. The molecule has 0 spiro atoms. The molecule has 1 aromatic carbocycles. The maximum absolute atomic E-state index is 12.2. The molecule has 2 fully saturated rings. The van der Waals surface area contributed by atoms with E-state index in [0.717, 1.165) is 36.6 Å². The molecule has 2 aromatic rings. The second-order valence-corrected chi connectivity index (χ2v) is 7.51. The second-order valence-electron chi connectivity index (χ2n) is 7.51. The minimum Gasteiger partial charge on any atom is -0.373 e. The van der Waals surface area contributed by atoms with E-state index in [1.807, 2.05) is 24.3 Å². The molecule has 2 aliphatic rings. The number of halogens is 1. The van der Waals surface area contributed by atoms with Gasteiger partial charge in [-0.2, -0.15) is 5.10 Å². The largest absolute Gasteiger partial charge is 0.373 e. The number of ether oxygens (including phenoxy) is 1. The predicted molar refractivity (Wildman–Crippen MR) is 127 cm³/mol. The van der Waals surface area contributed by atoms with Gasteiger partial charge in [0.05, 0.1) is 24.8 Å². The first kappa shape index (κ1) is 22.5. The Morgan fingerprint density at radius 2 is 2.23 bits per heavy atom. The molecule has 2 aliphatic heterocycles. The summed E-state index contributed by atoms with van der Waals surface area (Å²) in [5.74, 6) is 0.697.